The predicted octanol–water partition coefficient (Wildman–Crippen LogP) is 8.07. The molecule has 0 bridgehead atoms. The zero-order valence-electron chi connectivity index (χ0n) is 19.8. The highest BCUT2D eigenvalue weighted by atomic mass is 35.5. The number of amides is 2. The van der Waals surface area contributed by atoms with Crippen molar-refractivity contribution in [3.05, 3.63) is 125 Å². The number of ether oxygens (including phenoxy) is 1. The molecule has 0 spiro atoms. The number of nitrogens with zero attached hydrogens (tertiary/aromatic N) is 1. The van der Waals surface area contributed by atoms with Crippen LogP contribution >= 0.6 is 11.6 Å². The van der Waals surface area contributed by atoms with E-state index in [1.165, 1.54) is 17.1 Å². The molecule has 2 amide bonds. The SMILES string of the molecule is O=C(Nc1ccc(Oc2ccc(C(F)(F)F)cc2)cc1)N1CC(c2ccccc2)=C(c2ccc(Cl)cc2)N1. The number of anilines is 1. The lowest BCUT2D eigenvalue weighted by Crippen LogP contribution is -2.40. The van der Waals surface area contributed by atoms with Gasteiger partial charge in [-0.3, -0.25) is 5.43 Å². The van der Waals surface area contributed by atoms with Gasteiger partial charge < -0.3 is 10.1 Å². The van der Waals surface area contributed by atoms with Gasteiger partial charge in [-0.05, 0) is 71.8 Å². The van der Waals surface area contributed by atoms with E-state index in [2.05, 4.69) is 10.7 Å². The molecule has 192 valence electrons. The fourth-order valence-electron chi connectivity index (χ4n) is 3.98. The molecule has 9 heteroatoms. The van der Waals surface area contributed by atoms with Gasteiger partial charge in [-0.2, -0.15) is 13.2 Å². The van der Waals surface area contributed by atoms with E-state index in [1.807, 2.05) is 42.5 Å². The molecule has 4 aromatic rings. The minimum atomic E-state index is -4.41. The van der Waals surface area contributed by atoms with E-state index in [-0.39, 0.29) is 11.8 Å². The fraction of sp³-hybridized carbons (Fsp3) is 0.0690. The third-order valence-electron chi connectivity index (χ3n) is 5.89. The molecule has 4 aromatic carbocycles. The summed E-state index contributed by atoms with van der Waals surface area (Å²) in [4.78, 5) is 13.1. The Bertz CT molecular complexity index is 1450. The van der Waals surface area contributed by atoms with E-state index in [0.29, 0.717) is 23.0 Å². The maximum absolute atomic E-state index is 13.1. The minimum Gasteiger partial charge on any atom is -0.457 e. The van der Waals surface area contributed by atoms with Crippen molar-refractivity contribution in [3.63, 3.8) is 0 Å². The van der Waals surface area contributed by atoms with Crippen LogP contribution < -0.4 is 15.5 Å². The van der Waals surface area contributed by atoms with Crippen molar-refractivity contribution in [2.75, 3.05) is 11.9 Å². The second-order valence-corrected chi connectivity index (χ2v) is 8.94. The second-order valence-electron chi connectivity index (χ2n) is 8.50. The number of alkyl halides is 3. The van der Waals surface area contributed by atoms with E-state index in [1.54, 1.807) is 36.4 Å². The van der Waals surface area contributed by atoms with Crippen molar-refractivity contribution < 1.29 is 22.7 Å². The zero-order valence-corrected chi connectivity index (χ0v) is 20.6. The second kappa shape index (κ2) is 10.5. The lowest BCUT2D eigenvalue weighted by molar-refractivity contribution is -0.137. The number of nitrogens with one attached hydrogen (secondary N) is 2. The van der Waals surface area contributed by atoms with Gasteiger partial charge in [0.05, 0.1) is 17.8 Å². The first-order valence-electron chi connectivity index (χ1n) is 11.6. The summed E-state index contributed by atoms with van der Waals surface area (Å²) in [6, 6.07) is 27.8. The third-order valence-corrected chi connectivity index (χ3v) is 6.14. The number of urea groups is 1. The quantitative estimate of drug-likeness (QED) is 0.272. The number of carbonyl (C=O) groups excluding carboxylic acids is 1. The standard InChI is InChI=1S/C29H21ClF3N3O2/c30-22-10-6-20(7-11-22)27-26(19-4-2-1-3-5-19)18-36(35-27)28(37)34-23-12-16-25(17-13-23)38-24-14-8-21(9-15-24)29(31,32)33/h1-17,35H,18H2,(H,34,37). The van der Waals surface area contributed by atoms with Gasteiger partial charge in [0.1, 0.15) is 11.5 Å². The van der Waals surface area contributed by atoms with Gasteiger partial charge in [0.25, 0.3) is 0 Å². The van der Waals surface area contributed by atoms with Crippen molar-refractivity contribution >= 4 is 34.6 Å². The average molecular weight is 536 g/mol. The summed E-state index contributed by atoms with van der Waals surface area (Å²) >= 11 is 6.06. The Morgan fingerprint density at radius 2 is 1.42 bits per heavy atom. The smallest absolute Gasteiger partial charge is 0.416 e. The van der Waals surface area contributed by atoms with Crippen molar-refractivity contribution in [1.29, 1.82) is 0 Å². The summed E-state index contributed by atoms with van der Waals surface area (Å²) < 4.78 is 43.9. The molecular formula is C29H21ClF3N3O2. The van der Waals surface area contributed by atoms with Crippen molar-refractivity contribution in [1.82, 2.24) is 10.4 Å². The largest absolute Gasteiger partial charge is 0.457 e. The maximum Gasteiger partial charge on any atom is 0.416 e. The molecule has 1 aliphatic heterocycles. The van der Waals surface area contributed by atoms with Crippen LogP contribution in [0.3, 0.4) is 0 Å². The molecule has 0 fully saturated rings. The summed E-state index contributed by atoms with van der Waals surface area (Å²) in [6.07, 6.45) is -4.41. The Kier molecular flexibility index (Phi) is 6.98. The molecule has 1 aliphatic rings. The molecular weight excluding hydrogens is 515 g/mol. The average Bonchev–Trinajstić information content (AvgIpc) is 3.36. The Morgan fingerprint density at radius 1 is 0.816 bits per heavy atom. The molecule has 5 nitrogen and oxygen atoms in total. The molecule has 0 aromatic heterocycles. The van der Waals surface area contributed by atoms with Crippen LogP contribution in [0.2, 0.25) is 5.02 Å². The number of hydrogen-bond acceptors (Lipinski definition) is 3. The first kappa shape index (κ1) is 25.2. The van der Waals surface area contributed by atoms with Crippen LogP contribution in [0.5, 0.6) is 11.5 Å². The molecule has 0 saturated heterocycles. The maximum atomic E-state index is 13.1. The third kappa shape index (κ3) is 5.76. The van der Waals surface area contributed by atoms with Gasteiger partial charge in [0.15, 0.2) is 0 Å². The van der Waals surface area contributed by atoms with Crippen LogP contribution in [0, 0.1) is 0 Å². The van der Waals surface area contributed by atoms with Crippen LogP contribution in [0.4, 0.5) is 23.7 Å². The van der Waals surface area contributed by atoms with Gasteiger partial charge in [0, 0.05) is 16.3 Å². The topological polar surface area (TPSA) is 53.6 Å². The Balaban J connectivity index is 1.26. The first-order valence-corrected chi connectivity index (χ1v) is 12.0. The fourth-order valence-corrected chi connectivity index (χ4v) is 4.10. The number of benzene rings is 4. The number of carbonyl (C=O) groups is 1. The van der Waals surface area contributed by atoms with Crippen LogP contribution in [0.1, 0.15) is 16.7 Å². The Hall–Kier alpha value is -4.43. The summed E-state index contributed by atoms with van der Waals surface area (Å²) in [5.74, 6) is 0.686. The molecule has 1 heterocycles. The highest BCUT2D eigenvalue weighted by Crippen LogP contribution is 2.33. The number of hydrazine groups is 1. The van der Waals surface area contributed by atoms with Gasteiger partial charge >= 0.3 is 12.2 Å². The summed E-state index contributed by atoms with van der Waals surface area (Å²) in [5.41, 5.74) is 6.64. The Morgan fingerprint density at radius 3 is 2.03 bits per heavy atom. The molecule has 38 heavy (non-hydrogen) atoms. The zero-order chi connectivity index (χ0) is 26.7. The number of halogens is 4. The first-order chi connectivity index (χ1) is 18.3. The number of hydrogen-bond donors (Lipinski definition) is 2. The van der Waals surface area contributed by atoms with Crippen LogP contribution in [-0.4, -0.2) is 17.6 Å². The van der Waals surface area contributed by atoms with Crippen molar-refractivity contribution in [2.45, 2.75) is 6.18 Å². The molecule has 0 radical (unpaired) electrons. The highest BCUT2D eigenvalue weighted by Gasteiger charge is 2.30. The molecule has 0 atom stereocenters. The monoisotopic (exact) mass is 535 g/mol. The summed E-state index contributed by atoms with van der Waals surface area (Å²) in [5, 5.41) is 4.95. The minimum absolute atomic E-state index is 0.269. The van der Waals surface area contributed by atoms with Crippen LogP contribution in [0.15, 0.2) is 103 Å². The molecule has 0 unspecified atom stereocenters. The van der Waals surface area contributed by atoms with Crippen molar-refractivity contribution in [2.24, 2.45) is 0 Å². The van der Waals surface area contributed by atoms with Crippen LogP contribution in [0.25, 0.3) is 11.3 Å². The van der Waals surface area contributed by atoms with Gasteiger partial charge in [0.2, 0.25) is 0 Å². The van der Waals surface area contributed by atoms with E-state index in [0.717, 1.165) is 34.5 Å². The van der Waals surface area contributed by atoms with Gasteiger partial charge in [-0.25, -0.2) is 9.80 Å². The predicted molar refractivity (Wildman–Crippen MR) is 142 cm³/mol. The van der Waals surface area contributed by atoms with E-state index < -0.39 is 11.7 Å². The number of rotatable bonds is 5. The normalized spacial score (nSPS) is 13.3. The molecule has 0 aliphatic carbocycles. The van der Waals surface area contributed by atoms with Crippen molar-refractivity contribution in [3.8, 4) is 11.5 Å². The molecule has 0 saturated carbocycles. The van der Waals surface area contributed by atoms with E-state index in [9.17, 15) is 18.0 Å². The molecule has 5 rings (SSSR count). The molecule has 2 N–H and O–H groups in total. The highest BCUT2D eigenvalue weighted by molar-refractivity contribution is 6.30. The van der Waals surface area contributed by atoms with Gasteiger partial charge in [-0.1, -0.05) is 54.1 Å². The van der Waals surface area contributed by atoms with E-state index >= 15 is 0 Å². The summed E-state index contributed by atoms with van der Waals surface area (Å²) in [6.45, 7) is 0.336. The lowest BCUT2D eigenvalue weighted by Gasteiger charge is -2.19. The van der Waals surface area contributed by atoms with Gasteiger partial charge in [-0.15, -0.1) is 0 Å². The summed E-state index contributed by atoms with van der Waals surface area (Å²) in [7, 11) is 0. The van der Waals surface area contributed by atoms with E-state index in [4.69, 9.17) is 16.3 Å². The van der Waals surface area contributed by atoms with Crippen LogP contribution in [-0.2, 0) is 6.18 Å². The Labute approximate surface area is 222 Å². The lowest BCUT2D eigenvalue weighted by atomic mass is 10.0.